The number of hydrogen-bond donors (Lipinski definition) is 2. The number of nitrogens with one attached hydrogen (secondary N) is 1. The van der Waals surface area contributed by atoms with E-state index in [0.717, 1.165) is 21.5 Å². The van der Waals surface area contributed by atoms with Crippen LogP contribution in [-0.4, -0.2) is 70.6 Å². The molecule has 2 N–H and O–H groups in total. The van der Waals surface area contributed by atoms with Crippen LogP contribution in [0.1, 0.15) is 33.9 Å². The molecule has 0 aromatic carbocycles. The summed E-state index contributed by atoms with van der Waals surface area (Å²) in [6, 6.07) is 1.94. The molecule has 0 bridgehead atoms. The highest BCUT2D eigenvalue weighted by molar-refractivity contribution is 7.19. The molecule has 1 aliphatic heterocycles. The summed E-state index contributed by atoms with van der Waals surface area (Å²) < 4.78 is 45.7. The summed E-state index contributed by atoms with van der Waals surface area (Å²) in [6.07, 6.45) is 0.985. The molecule has 2 aliphatic rings. The summed E-state index contributed by atoms with van der Waals surface area (Å²) in [5.41, 5.74) is 2.49. The summed E-state index contributed by atoms with van der Waals surface area (Å²) in [6.45, 7) is 2.87. The molecule has 14 heteroatoms. The summed E-state index contributed by atoms with van der Waals surface area (Å²) in [5, 5.41) is 8.76. The molecule has 3 aromatic rings. The average Bonchev–Trinajstić information content (AvgIpc) is 3.34. The quantitative estimate of drug-likeness (QED) is 0.352. The number of amides is 1. The van der Waals surface area contributed by atoms with Crippen molar-refractivity contribution in [2.75, 3.05) is 43.2 Å². The SMILES string of the molecule is CN(Cc1cc2nc(C3=CC=C(C(F)(F)F)CC3)nc(N3CCOCC3)c2s1)c1ncc(C(=O)NO)cn1. The van der Waals surface area contributed by atoms with Crippen LogP contribution < -0.4 is 15.3 Å². The van der Waals surface area contributed by atoms with E-state index < -0.39 is 17.7 Å². The Morgan fingerprint density at radius 1 is 1.18 bits per heavy atom. The number of hydroxylamine groups is 1. The van der Waals surface area contributed by atoms with Crippen LogP contribution in [0.3, 0.4) is 0 Å². The maximum Gasteiger partial charge on any atom is 0.412 e. The lowest BCUT2D eigenvalue weighted by molar-refractivity contribution is -0.0939. The second kappa shape index (κ2) is 10.6. The van der Waals surface area contributed by atoms with Crippen molar-refractivity contribution in [2.45, 2.75) is 25.6 Å². The minimum absolute atomic E-state index is 0.109. The van der Waals surface area contributed by atoms with Crippen molar-refractivity contribution < 1.29 is 27.9 Å². The summed E-state index contributed by atoms with van der Waals surface area (Å²) in [5.74, 6) is 0.855. The first kappa shape index (κ1) is 26.0. The number of thiophene rings is 1. The van der Waals surface area contributed by atoms with E-state index in [1.807, 2.05) is 13.1 Å². The molecule has 0 unspecified atom stereocenters. The van der Waals surface area contributed by atoms with E-state index in [-0.39, 0.29) is 18.4 Å². The van der Waals surface area contributed by atoms with Crippen molar-refractivity contribution in [2.24, 2.45) is 0 Å². The van der Waals surface area contributed by atoms with Crippen LogP contribution in [0.5, 0.6) is 0 Å². The van der Waals surface area contributed by atoms with Crippen molar-refractivity contribution in [3.05, 3.63) is 52.5 Å². The van der Waals surface area contributed by atoms with Crippen LogP contribution in [0.25, 0.3) is 15.8 Å². The van der Waals surface area contributed by atoms with Gasteiger partial charge in [-0.2, -0.15) is 13.2 Å². The number of aromatic nitrogens is 4. The van der Waals surface area contributed by atoms with Gasteiger partial charge in [-0.3, -0.25) is 10.0 Å². The maximum absolute atomic E-state index is 13.1. The zero-order valence-electron chi connectivity index (χ0n) is 20.3. The van der Waals surface area contributed by atoms with Gasteiger partial charge in [-0.05, 0) is 24.5 Å². The Labute approximate surface area is 219 Å². The lowest BCUT2D eigenvalue weighted by Crippen LogP contribution is -2.37. The fourth-order valence-corrected chi connectivity index (χ4v) is 5.41. The lowest BCUT2D eigenvalue weighted by Gasteiger charge is -2.28. The van der Waals surface area contributed by atoms with Gasteiger partial charge in [-0.1, -0.05) is 12.2 Å². The van der Waals surface area contributed by atoms with Gasteiger partial charge in [0, 0.05) is 43.0 Å². The van der Waals surface area contributed by atoms with Crippen molar-refractivity contribution >= 4 is 44.8 Å². The van der Waals surface area contributed by atoms with E-state index in [9.17, 15) is 18.0 Å². The molecule has 0 saturated carbocycles. The smallest absolute Gasteiger partial charge is 0.378 e. The predicted molar refractivity (Wildman–Crippen MR) is 135 cm³/mol. The molecule has 3 aromatic heterocycles. The zero-order chi connectivity index (χ0) is 26.9. The van der Waals surface area contributed by atoms with Crippen molar-refractivity contribution in [1.29, 1.82) is 0 Å². The molecule has 0 atom stereocenters. The van der Waals surface area contributed by atoms with Gasteiger partial charge in [0.05, 0.1) is 35.5 Å². The number of hydrogen-bond acceptors (Lipinski definition) is 10. The lowest BCUT2D eigenvalue weighted by atomic mass is 9.97. The number of carbonyl (C=O) groups is 1. The van der Waals surface area contributed by atoms with Gasteiger partial charge in [0.1, 0.15) is 0 Å². The molecule has 38 heavy (non-hydrogen) atoms. The van der Waals surface area contributed by atoms with E-state index in [0.29, 0.717) is 55.7 Å². The fourth-order valence-electron chi connectivity index (χ4n) is 4.24. The summed E-state index contributed by atoms with van der Waals surface area (Å²) in [7, 11) is 1.81. The number of alkyl halides is 3. The predicted octanol–water partition coefficient (Wildman–Crippen LogP) is 3.74. The highest BCUT2D eigenvalue weighted by atomic mass is 32.1. The number of ether oxygens (including phenoxy) is 1. The second-order valence-corrected chi connectivity index (χ2v) is 9.98. The number of fused-ring (bicyclic) bond motifs is 1. The normalized spacial score (nSPS) is 16.3. The van der Waals surface area contributed by atoms with Gasteiger partial charge < -0.3 is 14.5 Å². The number of allylic oxidation sites excluding steroid dienone is 4. The Morgan fingerprint density at radius 3 is 2.55 bits per heavy atom. The molecular formula is C24H24F3N7O3S. The molecule has 0 spiro atoms. The van der Waals surface area contributed by atoms with Crippen LogP contribution in [0.2, 0.25) is 0 Å². The number of carbonyl (C=O) groups excluding carboxylic acids is 1. The topological polar surface area (TPSA) is 117 Å². The minimum atomic E-state index is -4.34. The highest BCUT2D eigenvalue weighted by Crippen LogP contribution is 2.38. The number of halogens is 3. The Morgan fingerprint density at radius 2 is 1.92 bits per heavy atom. The maximum atomic E-state index is 13.1. The molecule has 1 amide bonds. The van der Waals surface area contributed by atoms with E-state index >= 15 is 0 Å². The standard InChI is InChI=1S/C24H24F3N7O3S/c1-33(23-28-11-15(12-29-23)22(35)32-36)13-17-10-18-19(38-17)21(34-6-8-37-9-7-34)31-20(30-18)14-2-4-16(5-3-14)24(25,26)27/h2,4,10-12,36H,3,5-9,13H2,1H3,(H,32,35). The molecule has 200 valence electrons. The Kier molecular flexibility index (Phi) is 7.27. The van der Waals surface area contributed by atoms with Crippen molar-refractivity contribution in [3.8, 4) is 0 Å². The van der Waals surface area contributed by atoms with E-state index in [2.05, 4.69) is 14.9 Å². The third-order valence-electron chi connectivity index (χ3n) is 6.25. The first-order valence-electron chi connectivity index (χ1n) is 11.8. The number of nitrogens with zero attached hydrogens (tertiary/aromatic N) is 6. The molecule has 0 radical (unpaired) electrons. The summed E-state index contributed by atoms with van der Waals surface area (Å²) in [4.78, 5) is 34.3. The van der Waals surface area contributed by atoms with Gasteiger partial charge >= 0.3 is 6.18 Å². The molecule has 1 fully saturated rings. The number of rotatable bonds is 6. The van der Waals surface area contributed by atoms with Gasteiger partial charge in [0.2, 0.25) is 5.95 Å². The monoisotopic (exact) mass is 547 g/mol. The molecular weight excluding hydrogens is 523 g/mol. The van der Waals surface area contributed by atoms with Gasteiger partial charge in [0.15, 0.2) is 11.6 Å². The van der Waals surface area contributed by atoms with E-state index in [1.165, 1.54) is 29.8 Å². The third-order valence-corrected chi connectivity index (χ3v) is 7.36. The van der Waals surface area contributed by atoms with Crippen LogP contribution in [0.4, 0.5) is 24.9 Å². The van der Waals surface area contributed by atoms with Crippen molar-refractivity contribution in [1.82, 2.24) is 25.4 Å². The summed E-state index contributed by atoms with van der Waals surface area (Å²) >= 11 is 1.53. The zero-order valence-corrected chi connectivity index (χ0v) is 21.1. The molecule has 4 heterocycles. The van der Waals surface area contributed by atoms with Crippen LogP contribution in [0, 0.1) is 0 Å². The first-order chi connectivity index (χ1) is 18.2. The minimum Gasteiger partial charge on any atom is -0.378 e. The van der Waals surface area contributed by atoms with E-state index in [1.54, 1.807) is 10.4 Å². The molecule has 5 rings (SSSR count). The molecule has 1 saturated heterocycles. The van der Waals surface area contributed by atoms with Crippen molar-refractivity contribution in [3.63, 3.8) is 0 Å². The Hall–Kier alpha value is -3.62. The average molecular weight is 548 g/mol. The number of morpholine rings is 1. The number of anilines is 2. The van der Waals surface area contributed by atoms with Crippen LogP contribution >= 0.6 is 11.3 Å². The van der Waals surface area contributed by atoms with Crippen LogP contribution in [-0.2, 0) is 11.3 Å². The van der Waals surface area contributed by atoms with Gasteiger partial charge in [0.25, 0.3) is 5.91 Å². The Balaban J connectivity index is 1.46. The molecule has 10 nitrogen and oxygen atoms in total. The highest BCUT2D eigenvalue weighted by Gasteiger charge is 2.34. The first-order valence-corrected chi connectivity index (χ1v) is 12.6. The largest absolute Gasteiger partial charge is 0.412 e. The third kappa shape index (κ3) is 5.47. The molecule has 1 aliphatic carbocycles. The van der Waals surface area contributed by atoms with Crippen LogP contribution in [0.15, 0.2) is 36.2 Å². The van der Waals surface area contributed by atoms with Gasteiger partial charge in [-0.25, -0.2) is 25.4 Å². The van der Waals surface area contributed by atoms with Gasteiger partial charge in [-0.15, -0.1) is 11.3 Å². The van der Waals surface area contributed by atoms with E-state index in [4.69, 9.17) is 19.9 Å². The second-order valence-electron chi connectivity index (χ2n) is 8.85. The Bertz CT molecular complexity index is 1400. The fraction of sp³-hybridized carbons (Fsp3) is 0.375.